The Morgan fingerprint density at radius 2 is 1.51 bits per heavy atom. The first-order chi connectivity index (χ1) is 36.0. The molecule has 4 atom stereocenters. The maximum Gasteiger partial charge on any atom is 0.246 e. The van der Waals surface area contributed by atoms with E-state index in [0.717, 1.165) is 112 Å². The number of aromatic hydroxyl groups is 1. The highest BCUT2D eigenvalue weighted by molar-refractivity contribution is 7.13. The number of piperazine rings is 1. The predicted octanol–water partition coefficient (Wildman–Crippen LogP) is 7.91. The molecule has 0 aliphatic carbocycles. The third kappa shape index (κ3) is 13.8. The second-order valence-corrected chi connectivity index (χ2v) is 23.2. The zero-order valence-corrected chi connectivity index (χ0v) is 45.4. The fourth-order valence-electron chi connectivity index (χ4n) is 11.6. The number of anilines is 1. The lowest BCUT2D eigenvalue weighted by atomic mass is 9.85. The Bertz CT molecular complexity index is 2670. The number of likely N-dealkylation sites (tertiary alicyclic amines) is 3. The number of amides is 4. The van der Waals surface area contributed by atoms with Gasteiger partial charge in [0.2, 0.25) is 23.6 Å². The van der Waals surface area contributed by atoms with E-state index in [0.29, 0.717) is 73.7 Å². The molecule has 0 radical (unpaired) electrons. The summed E-state index contributed by atoms with van der Waals surface area (Å²) in [6, 6.07) is 23.4. The molecule has 2 bridgehead atoms. The van der Waals surface area contributed by atoms with E-state index in [2.05, 4.69) is 49.7 Å². The van der Waals surface area contributed by atoms with E-state index in [9.17, 15) is 24.3 Å². The average molecular weight is 1040 g/mol. The van der Waals surface area contributed by atoms with Crippen molar-refractivity contribution in [1.29, 1.82) is 0 Å². The molecule has 15 nitrogen and oxygen atoms in total. The van der Waals surface area contributed by atoms with E-state index in [-0.39, 0.29) is 35.2 Å². The number of carbonyl (C=O) groups excluding carboxylic acids is 4. The number of thiazole rings is 1. The monoisotopic (exact) mass is 1040 g/mol. The highest BCUT2D eigenvalue weighted by Crippen LogP contribution is 2.38. The SMILES string of the molecule is Cc1ncsc1-c1ccc(CNC(=O)[C@@H]2CCCN2C(=O)[C@@H](NC(=O)CCCCCCCC(=O)N2CCC(Cc3cccc(N4C5CCC4CN(C(/C=C(\N)c4ccccc4O)=C(N)N)C5)c3)CC2)C(C)(C)C)cc1. The normalized spacial score (nSPS) is 19.5. The van der Waals surface area contributed by atoms with Gasteiger partial charge in [-0.25, -0.2) is 4.98 Å². The minimum atomic E-state index is -0.749. The molecule has 5 heterocycles. The van der Waals surface area contributed by atoms with E-state index in [1.807, 2.05) is 68.4 Å². The molecule has 0 spiro atoms. The topological polar surface area (TPSA) is 216 Å². The number of aryl methyl sites for hydroxylation is 1. The van der Waals surface area contributed by atoms with Gasteiger partial charge in [-0.1, -0.05) is 88.6 Å². The van der Waals surface area contributed by atoms with Crippen LogP contribution in [-0.4, -0.2) is 105 Å². The standard InChI is InChI=1S/C59H80N10O5S/c1-39-54(75-38-64-39)43-23-21-41(22-24-43)35-63-57(73)49-17-13-29-68(49)58(74)55(59(2,3)4)65-52(71)19-8-6-5-7-9-20-53(72)66-30-27-40(28-31-66)32-42-14-12-15-44(33-42)69-45-25-26-46(69)37-67(36-45)50(56(61)62)34-48(60)47-16-10-11-18-51(47)70/h10-12,14-16,18,21-24,33-34,38,40,45-46,49,55,70H,5-9,13,17,19-20,25-32,35-37,60-62H2,1-4H3,(H,63,73)(H,65,71)/b48-34-/t45?,46?,49-,55+/m0/s1. The van der Waals surface area contributed by atoms with E-state index in [4.69, 9.17) is 17.2 Å². The second-order valence-electron chi connectivity index (χ2n) is 22.4. The molecule has 3 aromatic carbocycles. The lowest BCUT2D eigenvalue weighted by Gasteiger charge is -2.44. The Balaban J connectivity index is 0.710. The highest BCUT2D eigenvalue weighted by Gasteiger charge is 2.43. The molecular formula is C59H80N10O5S. The van der Waals surface area contributed by atoms with Gasteiger partial charge in [-0.3, -0.25) is 19.2 Å². The lowest BCUT2D eigenvalue weighted by Crippen LogP contribution is -2.57. The van der Waals surface area contributed by atoms with E-state index in [1.54, 1.807) is 40.5 Å². The molecule has 16 heteroatoms. The van der Waals surface area contributed by atoms with Crippen molar-refractivity contribution >= 4 is 46.3 Å². The van der Waals surface area contributed by atoms with Crippen LogP contribution >= 0.6 is 11.3 Å². The van der Waals surface area contributed by atoms with Gasteiger partial charge in [-0.15, -0.1) is 11.3 Å². The number of nitrogens with two attached hydrogens (primary N) is 3. The summed E-state index contributed by atoms with van der Waals surface area (Å²) in [6.45, 7) is 11.8. The van der Waals surface area contributed by atoms with Crippen molar-refractivity contribution in [2.24, 2.45) is 28.5 Å². The summed E-state index contributed by atoms with van der Waals surface area (Å²) in [5, 5.41) is 16.5. The number of nitrogens with zero attached hydrogens (tertiary/aromatic N) is 5. The van der Waals surface area contributed by atoms with Crippen LogP contribution in [0.15, 0.2) is 95.9 Å². The van der Waals surface area contributed by atoms with Gasteiger partial charge in [0.05, 0.1) is 21.8 Å². The number of hydrogen-bond acceptors (Lipinski definition) is 12. The number of unbranched alkanes of at least 4 members (excludes halogenated alkanes) is 4. The van der Waals surface area contributed by atoms with Crippen LogP contribution in [0.5, 0.6) is 5.75 Å². The van der Waals surface area contributed by atoms with E-state index < -0.39 is 17.5 Å². The number of rotatable bonds is 20. The summed E-state index contributed by atoms with van der Waals surface area (Å²) in [5.74, 6) is 0.538. The van der Waals surface area contributed by atoms with Crippen molar-refractivity contribution in [3.63, 3.8) is 0 Å². The van der Waals surface area contributed by atoms with Gasteiger partial charge in [0.1, 0.15) is 23.7 Å². The van der Waals surface area contributed by atoms with Crippen LogP contribution in [0.2, 0.25) is 0 Å². The van der Waals surface area contributed by atoms with Crippen molar-refractivity contribution in [2.45, 2.75) is 148 Å². The smallest absolute Gasteiger partial charge is 0.246 e. The van der Waals surface area contributed by atoms with Crippen LogP contribution in [0.4, 0.5) is 5.69 Å². The lowest BCUT2D eigenvalue weighted by molar-refractivity contribution is -0.143. The van der Waals surface area contributed by atoms with Crippen LogP contribution in [0.25, 0.3) is 16.1 Å². The molecule has 75 heavy (non-hydrogen) atoms. The van der Waals surface area contributed by atoms with Crippen LogP contribution in [0.1, 0.15) is 127 Å². The minimum absolute atomic E-state index is 0.111. The van der Waals surface area contributed by atoms with Crippen LogP contribution in [-0.2, 0) is 32.1 Å². The summed E-state index contributed by atoms with van der Waals surface area (Å²) < 4.78 is 0. The van der Waals surface area contributed by atoms with E-state index >= 15 is 0 Å². The Kier molecular flexibility index (Phi) is 18.1. The molecule has 2 unspecified atom stereocenters. The van der Waals surface area contributed by atoms with Crippen LogP contribution < -0.4 is 32.7 Å². The second kappa shape index (κ2) is 24.9. The summed E-state index contributed by atoms with van der Waals surface area (Å²) in [6.07, 6.45) is 13.4. The van der Waals surface area contributed by atoms with Gasteiger partial charge in [0.15, 0.2) is 0 Å². The predicted molar refractivity (Wildman–Crippen MR) is 299 cm³/mol. The van der Waals surface area contributed by atoms with Crippen molar-refractivity contribution in [1.82, 2.24) is 30.3 Å². The molecule has 1 aromatic heterocycles. The third-order valence-electron chi connectivity index (χ3n) is 15.8. The molecule has 4 aromatic rings. The number of nitrogens with one attached hydrogen (secondary N) is 2. The Hall–Kier alpha value is -6.55. The molecule has 4 aliphatic heterocycles. The number of allylic oxidation sites excluding steroid dienone is 1. The zero-order valence-electron chi connectivity index (χ0n) is 44.6. The number of fused-ring (bicyclic) bond motifs is 2. The number of phenols is 1. The molecular weight excluding hydrogens is 961 g/mol. The number of carbonyl (C=O) groups is 4. The number of phenolic OH excluding ortho intramolecular Hbond substituents is 1. The first-order valence-corrected chi connectivity index (χ1v) is 28.2. The van der Waals surface area contributed by atoms with Gasteiger partial charge in [-0.05, 0) is 123 Å². The van der Waals surface area contributed by atoms with Gasteiger partial charge < -0.3 is 52.5 Å². The summed E-state index contributed by atoms with van der Waals surface area (Å²) in [7, 11) is 0. The Labute approximate surface area is 448 Å². The molecule has 402 valence electrons. The van der Waals surface area contributed by atoms with Crippen molar-refractivity contribution in [3.05, 3.63) is 118 Å². The number of hydrogen-bond donors (Lipinski definition) is 6. The molecule has 8 rings (SSSR count). The van der Waals surface area contributed by atoms with Crippen molar-refractivity contribution < 1.29 is 24.3 Å². The summed E-state index contributed by atoms with van der Waals surface area (Å²) in [5.41, 5.74) is 27.5. The molecule has 4 aliphatic rings. The maximum atomic E-state index is 14.1. The Morgan fingerprint density at radius 1 is 0.813 bits per heavy atom. The number of piperidine rings is 1. The quantitative estimate of drug-likeness (QED) is 0.0369. The summed E-state index contributed by atoms with van der Waals surface area (Å²) >= 11 is 1.61. The minimum Gasteiger partial charge on any atom is -0.507 e. The van der Waals surface area contributed by atoms with E-state index in [1.165, 1.54) is 11.3 Å². The fraction of sp³-hybridized carbons (Fsp3) is 0.508. The van der Waals surface area contributed by atoms with Gasteiger partial charge >= 0.3 is 0 Å². The molecule has 4 fully saturated rings. The summed E-state index contributed by atoms with van der Waals surface area (Å²) in [4.78, 5) is 68.1. The largest absolute Gasteiger partial charge is 0.507 e. The van der Waals surface area contributed by atoms with Crippen LogP contribution in [0, 0.1) is 18.3 Å². The van der Waals surface area contributed by atoms with Crippen LogP contribution in [0.3, 0.4) is 0 Å². The first-order valence-electron chi connectivity index (χ1n) is 27.3. The fourth-order valence-corrected chi connectivity index (χ4v) is 12.5. The molecule has 4 amide bonds. The van der Waals surface area contributed by atoms with Gasteiger partial charge in [0, 0.05) is 81.1 Å². The molecule has 9 N–H and O–H groups in total. The maximum absolute atomic E-state index is 14.1. The Morgan fingerprint density at radius 3 is 2.17 bits per heavy atom. The van der Waals surface area contributed by atoms with Crippen molar-refractivity contribution in [3.8, 4) is 16.2 Å². The average Bonchev–Trinajstić information content (AvgIpc) is 4.14. The zero-order chi connectivity index (χ0) is 53.2. The number of para-hydroxylation sites is 1. The number of benzene rings is 3. The third-order valence-corrected chi connectivity index (χ3v) is 16.8. The van der Waals surface area contributed by atoms with Gasteiger partial charge in [-0.2, -0.15) is 0 Å². The number of aromatic nitrogens is 1. The molecule has 0 saturated carbocycles. The first kappa shape index (κ1) is 54.7. The highest BCUT2D eigenvalue weighted by atomic mass is 32.1. The van der Waals surface area contributed by atoms with Crippen molar-refractivity contribution in [2.75, 3.05) is 37.6 Å². The van der Waals surface area contributed by atoms with Gasteiger partial charge in [0.25, 0.3) is 0 Å². The molecule has 4 saturated heterocycles.